The average molecular weight is 383 g/mol. The normalized spacial score (nSPS) is 24.3. The molecule has 1 aromatic rings. The molecule has 1 aromatic carbocycles. The molecule has 25 heavy (non-hydrogen) atoms. The smallest absolute Gasteiger partial charge is 0.319 e. The maximum Gasteiger partial charge on any atom is 0.319 e. The van der Waals surface area contributed by atoms with E-state index in [-0.39, 0.29) is 11.9 Å². The zero-order valence-corrected chi connectivity index (χ0v) is 15.9. The lowest BCUT2D eigenvalue weighted by Crippen LogP contribution is -2.35. The Kier molecular flexibility index (Phi) is 7.84. The Morgan fingerprint density at radius 3 is 2.64 bits per heavy atom. The van der Waals surface area contributed by atoms with Crippen LogP contribution in [0.2, 0.25) is 0 Å². The SMILES string of the molecule is COC(=O)C1CCCSCSC(C(=O)OC)C1c1cccc(C=O)c1. The van der Waals surface area contributed by atoms with Crippen molar-refractivity contribution < 1.29 is 23.9 Å². The second kappa shape index (κ2) is 9.87. The summed E-state index contributed by atoms with van der Waals surface area (Å²) in [6, 6.07) is 7.08. The molecule has 0 amide bonds. The molecule has 3 unspecified atom stereocenters. The summed E-state index contributed by atoms with van der Waals surface area (Å²) in [5.41, 5.74) is 1.30. The van der Waals surface area contributed by atoms with Crippen LogP contribution in [0.3, 0.4) is 0 Å². The van der Waals surface area contributed by atoms with Crippen molar-refractivity contribution in [2.45, 2.75) is 24.0 Å². The molecule has 3 atom stereocenters. The first kappa shape index (κ1) is 19.8. The molecule has 0 spiro atoms. The molecular weight excluding hydrogens is 360 g/mol. The Bertz CT molecular complexity index is 591. The van der Waals surface area contributed by atoms with Gasteiger partial charge in [0.05, 0.1) is 20.1 Å². The summed E-state index contributed by atoms with van der Waals surface area (Å²) in [7, 11) is 2.72. The van der Waals surface area contributed by atoms with Crippen LogP contribution >= 0.6 is 23.5 Å². The van der Waals surface area contributed by atoms with Crippen LogP contribution in [0, 0.1) is 5.92 Å². The van der Waals surface area contributed by atoms with E-state index in [0.717, 1.165) is 29.1 Å². The van der Waals surface area contributed by atoms with Crippen LogP contribution in [-0.4, -0.2) is 48.5 Å². The fourth-order valence-electron chi connectivity index (χ4n) is 3.07. The minimum atomic E-state index is -0.526. The molecule has 1 saturated heterocycles. The molecule has 5 nitrogen and oxygen atoms in total. The Labute approximate surface area is 156 Å². The largest absolute Gasteiger partial charge is 0.469 e. The lowest BCUT2D eigenvalue weighted by Gasteiger charge is -2.30. The van der Waals surface area contributed by atoms with Crippen LogP contribution in [0.25, 0.3) is 0 Å². The van der Waals surface area contributed by atoms with Gasteiger partial charge in [0.1, 0.15) is 11.5 Å². The highest BCUT2D eigenvalue weighted by Crippen LogP contribution is 2.41. The van der Waals surface area contributed by atoms with Crippen molar-refractivity contribution in [3.05, 3.63) is 35.4 Å². The first-order valence-electron chi connectivity index (χ1n) is 8.02. The van der Waals surface area contributed by atoms with E-state index >= 15 is 0 Å². The summed E-state index contributed by atoms with van der Waals surface area (Å²) >= 11 is 3.23. The maximum atomic E-state index is 12.5. The first-order valence-corrected chi connectivity index (χ1v) is 10.2. The van der Waals surface area contributed by atoms with E-state index in [9.17, 15) is 14.4 Å². The number of rotatable bonds is 4. The molecule has 0 radical (unpaired) electrons. The third-order valence-corrected chi connectivity index (χ3v) is 6.90. The van der Waals surface area contributed by atoms with Crippen LogP contribution < -0.4 is 0 Å². The average Bonchev–Trinajstić information content (AvgIpc) is 2.76. The number of aldehydes is 1. The van der Waals surface area contributed by atoms with E-state index in [1.54, 1.807) is 30.0 Å². The molecule has 1 aliphatic heterocycles. The monoisotopic (exact) mass is 382 g/mol. The van der Waals surface area contributed by atoms with Gasteiger partial charge in [0.25, 0.3) is 0 Å². The third-order valence-electron chi connectivity index (χ3n) is 4.26. The van der Waals surface area contributed by atoms with Gasteiger partial charge in [-0.1, -0.05) is 18.2 Å². The summed E-state index contributed by atoms with van der Waals surface area (Å²) in [6.45, 7) is 0. The van der Waals surface area contributed by atoms with Gasteiger partial charge in [-0.25, -0.2) is 0 Å². The predicted octanol–water partition coefficient (Wildman–Crippen LogP) is 3.13. The van der Waals surface area contributed by atoms with Gasteiger partial charge in [-0.05, 0) is 30.2 Å². The highest BCUT2D eigenvalue weighted by Gasteiger charge is 2.41. The van der Waals surface area contributed by atoms with Crippen molar-refractivity contribution in [1.29, 1.82) is 0 Å². The van der Waals surface area contributed by atoms with Gasteiger partial charge in [-0.2, -0.15) is 11.8 Å². The molecule has 2 rings (SSSR count). The van der Waals surface area contributed by atoms with Crippen molar-refractivity contribution in [3.63, 3.8) is 0 Å². The van der Waals surface area contributed by atoms with Crippen LogP contribution in [-0.2, 0) is 19.1 Å². The molecule has 1 fully saturated rings. The topological polar surface area (TPSA) is 69.7 Å². The molecule has 136 valence electrons. The fourth-order valence-corrected chi connectivity index (χ4v) is 5.67. The van der Waals surface area contributed by atoms with Crippen molar-refractivity contribution in [2.75, 3.05) is 25.1 Å². The molecule has 1 heterocycles. The summed E-state index contributed by atoms with van der Waals surface area (Å²) in [5.74, 6) is -0.619. The van der Waals surface area contributed by atoms with E-state index in [1.165, 1.54) is 26.0 Å². The second-order valence-corrected chi connectivity index (χ2v) is 8.32. The van der Waals surface area contributed by atoms with E-state index in [4.69, 9.17) is 9.47 Å². The van der Waals surface area contributed by atoms with Crippen molar-refractivity contribution in [1.82, 2.24) is 0 Å². The van der Waals surface area contributed by atoms with E-state index in [0.29, 0.717) is 12.0 Å². The summed E-state index contributed by atoms with van der Waals surface area (Å²) in [6.07, 6.45) is 2.26. The maximum absolute atomic E-state index is 12.5. The lowest BCUT2D eigenvalue weighted by molar-refractivity contribution is -0.147. The number of thioether (sulfide) groups is 2. The Morgan fingerprint density at radius 2 is 1.96 bits per heavy atom. The number of methoxy groups -OCH3 is 2. The zero-order valence-electron chi connectivity index (χ0n) is 14.3. The first-order chi connectivity index (χ1) is 12.1. The molecule has 1 aliphatic rings. The summed E-state index contributed by atoms with van der Waals surface area (Å²) in [4.78, 5) is 36.1. The fraction of sp³-hybridized carbons (Fsp3) is 0.500. The highest BCUT2D eigenvalue weighted by molar-refractivity contribution is 8.16. The molecule has 0 aromatic heterocycles. The number of hydrogen-bond acceptors (Lipinski definition) is 7. The molecule has 0 N–H and O–H groups in total. The number of ether oxygens (including phenoxy) is 2. The van der Waals surface area contributed by atoms with Gasteiger partial charge in [-0.3, -0.25) is 14.4 Å². The number of benzene rings is 1. The van der Waals surface area contributed by atoms with E-state index in [2.05, 4.69) is 0 Å². The van der Waals surface area contributed by atoms with Crippen LogP contribution in [0.5, 0.6) is 0 Å². The molecule has 0 saturated carbocycles. The van der Waals surface area contributed by atoms with Crippen LogP contribution in [0.1, 0.15) is 34.7 Å². The van der Waals surface area contributed by atoms with Crippen molar-refractivity contribution >= 4 is 41.7 Å². The standard InChI is InChI=1S/C18H22O5S2/c1-22-17(20)14-7-4-8-24-11-25-16(18(21)23-2)15(14)13-6-3-5-12(9-13)10-19/h3,5-6,9-10,14-16H,4,7-8,11H2,1-2H3. The highest BCUT2D eigenvalue weighted by atomic mass is 32.2. The zero-order chi connectivity index (χ0) is 18.2. The van der Waals surface area contributed by atoms with Crippen LogP contribution in [0.15, 0.2) is 24.3 Å². The quantitative estimate of drug-likeness (QED) is 0.585. The lowest BCUT2D eigenvalue weighted by atomic mass is 9.80. The molecule has 0 aliphatic carbocycles. The number of esters is 2. The summed E-state index contributed by atoms with van der Waals surface area (Å²) < 4.78 is 10.0. The second-order valence-electron chi connectivity index (χ2n) is 5.72. The van der Waals surface area contributed by atoms with Gasteiger partial charge in [0.15, 0.2) is 0 Å². The van der Waals surface area contributed by atoms with Gasteiger partial charge in [0, 0.05) is 16.6 Å². The molecular formula is C18H22O5S2. The summed E-state index contributed by atoms with van der Waals surface area (Å²) in [5, 5.41) is 0.221. The minimum Gasteiger partial charge on any atom is -0.469 e. The molecule has 0 bridgehead atoms. The van der Waals surface area contributed by atoms with Gasteiger partial charge >= 0.3 is 11.9 Å². The van der Waals surface area contributed by atoms with Crippen molar-refractivity contribution in [3.8, 4) is 0 Å². The molecule has 7 heteroatoms. The Hall–Kier alpha value is -1.47. The van der Waals surface area contributed by atoms with E-state index < -0.39 is 17.1 Å². The minimum absolute atomic E-state index is 0.331. The van der Waals surface area contributed by atoms with Gasteiger partial charge < -0.3 is 9.47 Å². The number of carbonyl (C=O) groups is 3. The van der Waals surface area contributed by atoms with Gasteiger partial charge in [-0.15, -0.1) is 11.8 Å². The Morgan fingerprint density at radius 1 is 1.20 bits per heavy atom. The van der Waals surface area contributed by atoms with E-state index in [1.807, 2.05) is 6.07 Å². The van der Waals surface area contributed by atoms with Crippen LogP contribution in [0.4, 0.5) is 0 Å². The predicted molar refractivity (Wildman–Crippen MR) is 100 cm³/mol. The third kappa shape index (κ3) is 5.01. The number of hydrogen-bond donors (Lipinski definition) is 0. The van der Waals surface area contributed by atoms with Crippen molar-refractivity contribution in [2.24, 2.45) is 5.92 Å². The Balaban J connectivity index is 2.53. The number of carbonyl (C=O) groups excluding carboxylic acids is 3. The van der Waals surface area contributed by atoms with Gasteiger partial charge in [0.2, 0.25) is 0 Å².